The Morgan fingerprint density at radius 2 is 2.25 bits per heavy atom. The van der Waals surface area contributed by atoms with E-state index in [2.05, 4.69) is 18.7 Å². The smallest absolute Gasteiger partial charge is 0.0639 e. The molecule has 1 radical (unpaired) electrons. The van der Waals surface area contributed by atoms with E-state index in [1.807, 2.05) is 18.2 Å². The first-order chi connectivity index (χ1) is 7.66. The molecule has 0 saturated heterocycles. The molecule has 2 nitrogen and oxygen atoms in total. The van der Waals surface area contributed by atoms with Gasteiger partial charge in [0.25, 0.3) is 0 Å². The highest BCUT2D eigenvalue weighted by Crippen LogP contribution is 2.30. The largest absolute Gasteiger partial charge is 0.399 e. The number of nitrogens with one attached hydrogen (secondary N) is 1. The fraction of sp³-hybridized carbons (Fsp3) is 0.462. The van der Waals surface area contributed by atoms with Crippen molar-refractivity contribution in [2.24, 2.45) is 5.92 Å². The number of nitrogen functional groups attached to an aromatic ring is 1. The van der Waals surface area contributed by atoms with E-state index in [4.69, 9.17) is 17.3 Å². The number of rotatable bonds is 2. The number of hydrogen-bond acceptors (Lipinski definition) is 2. The molecule has 0 heterocycles. The lowest BCUT2D eigenvalue weighted by Crippen LogP contribution is -2.30. The summed E-state index contributed by atoms with van der Waals surface area (Å²) in [7, 11) is 0. The van der Waals surface area contributed by atoms with E-state index in [0.29, 0.717) is 12.0 Å². The lowest BCUT2D eigenvalue weighted by Gasteiger charge is -2.30. The molecule has 3 heteroatoms. The fourth-order valence-electron chi connectivity index (χ4n) is 2.20. The van der Waals surface area contributed by atoms with Crippen LogP contribution in [0.3, 0.4) is 0 Å². The second-order valence-corrected chi connectivity index (χ2v) is 4.92. The third kappa shape index (κ3) is 2.62. The molecule has 1 aliphatic carbocycles. The van der Waals surface area contributed by atoms with Gasteiger partial charge in [-0.2, -0.15) is 0 Å². The number of hydrogen-bond donors (Lipinski definition) is 2. The van der Waals surface area contributed by atoms with Gasteiger partial charge in [-0.15, -0.1) is 0 Å². The van der Waals surface area contributed by atoms with Gasteiger partial charge in [-0.05, 0) is 43.4 Å². The van der Waals surface area contributed by atoms with E-state index in [1.54, 1.807) is 0 Å². The average molecular weight is 238 g/mol. The molecule has 0 bridgehead atoms. The van der Waals surface area contributed by atoms with Gasteiger partial charge in [0.1, 0.15) is 0 Å². The Bertz CT molecular complexity index is 365. The minimum Gasteiger partial charge on any atom is -0.399 e. The van der Waals surface area contributed by atoms with Crippen molar-refractivity contribution < 1.29 is 0 Å². The summed E-state index contributed by atoms with van der Waals surface area (Å²) in [5, 5.41) is 4.24. The topological polar surface area (TPSA) is 38.0 Å². The highest BCUT2D eigenvalue weighted by Gasteiger charge is 2.21. The molecule has 1 aromatic rings. The Hall–Kier alpha value is -0.890. The van der Waals surface area contributed by atoms with E-state index in [-0.39, 0.29) is 0 Å². The maximum atomic E-state index is 6.13. The highest BCUT2D eigenvalue weighted by molar-refractivity contribution is 6.33. The average Bonchev–Trinajstić information content (AvgIpc) is 2.27. The van der Waals surface area contributed by atoms with Crippen molar-refractivity contribution in [2.45, 2.75) is 32.2 Å². The lowest BCUT2D eigenvalue weighted by molar-refractivity contribution is 0.429. The third-order valence-corrected chi connectivity index (χ3v) is 3.55. The molecule has 0 amide bonds. The maximum Gasteiger partial charge on any atom is 0.0639 e. The molecule has 2 rings (SSSR count). The Labute approximate surface area is 102 Å². The minimum atomic E-state index is 0.480. The van der Waals surface area contributed by atoms with Gasteiger partial charge in [-0.25, -0.2) is 0 Å². The third-order valence-electron chi connectivity index (χ3n) is 3.22. The van der Waals surface area contributed by atoms with Crippen molar-refractivity contribution in [1.82, 2.24) is 0 Å². The standard InChI is InChI=1S/C13H18ClN2/c1-9-4-2-3-5-12(9)16-13-8-10(15)6-7-11(13)14/h4,6-9,12,16H,2-3,5,15H2,1H3. The summed E-state index contributed by atoms with van der Waals surface area (Å²) in [6.07, 6.45) is 6.05. The van der Waals surface area contributed by atoms with Crippen LogP contribution in [-0.2, 0) is 0 Å². The molecule has 0 spiro atoms. The highest BCUT2D eigenvalue weighted by atomic mass is 35.5. The summed E-state index contributed by atoms with van der Waals surface area (Å²) in [4.78, 5) is 0. The number of anilines is 2. The maximum absolute atomic E-state index is 6.13. The summed E-state index contributed by atoms with van der Waals surface area (Å²) in [5.74, 6) is 0.589. The predicted molar refractivity (Wildman–Crippen MR) is 70.6 cm³/mol. The van der Waals surface area contributed by atoms with Crippen molar-refractivity contribution >= 4 is 23.0 Å². The van der Waals surface area contributed by atoms with E-state index in [1.165, 1.54) is 19.3 Å². The van der Waals surface area contributed by atoms with Gasteiger partial charge in [0.15, 0.2) is 0 Å². The van der Waals surface area contributed by atoms with Crippen molar-refractivity contribution in [3.63, 3.8) is 0 Å². The molecule has 1 saturated carbocycles. The van der Waals surface area contributed by atoms with Crippen LogP contribution >= 0.6 is 11.6 Å². The monoisotopic (exact) mass is 237 g/mol. The Morgan fingerprint density at radius 1 is 1.44 bits per heavy atom. The van der Waals surface area contributed by atoms with Crippen LogP contribution in [0, 0.1) is 12.3 Å². The van der Waals surface area contributed by atoms with Gasteiger partial charge >= 0.3 is 0 Å². The molecule has 0 aliphatic heterocycles. The first-order valence-electron chi connectivity index (χ1n) is 5.81. The Morgan fingerprint density at radius 3 is 3.00 bits per heavy atom. The van der Waals surface area contributed by atoms with Gasteiger partial charge in [-0.1, -0.05) is 24.9 Å². The summed E-state index contributed by atoms with van der Waals surface area (Å²) < 4.78 is 0. The zero-order chi connectivity index (χ0) is 11.5. The van der Waals surface area contributed by atoms with Crippen molar-refractivity contribution in [2.75, 3.05) is 11.1 Å². The SMILES string of the molecule is CC1[CH]CCCC1Nc1cc(N)ccc1Cl. The van der Waals surface area contributed by atoms with Crippen LogP contribution < -0.4 is 11.1 Å². The normalized spacial score (nSPS) is 25.4. The second-order valence-electron chi connectivity index (χ2n) is 4.52. The number of halogens is 1. The molecule has 1 fully saturated rings. The van der Waals surface area contributed by atoms with Crippen molar-refractivity contribution in [1.29, 1.82) is 0 Å². The van der Waals surface area contributed by atoms with Gasteiger partial charge in [0, 0.05) is 11.7 Å². The van der Waals surface area contributed by atoms with E-state index in [9.17, 15) is 0 Å². The molecular formula is C13H18ClN2. The van der Waals surface area contributed by atoms with Crippen LogP contribution in [0.5, 0.6) is 0 Å². The Balaban J connectivity index is 2.10. The zero-order valence-corrected chi connectivity index (χ0v) is 10.3. The van der Waals surface area contributed by atoms with Crippen LogP contribution in [0.4, 0.5) is 11.4 Å². The quantitative estimate of drug-likeness (QED) is 0.770. The first kappa shape index (κ1) is 11.6. The Kier molecular flexibility index (Phi) is 3.59. The molecule has 2 atom stereocenters. The molecule has 87 valence electrons. The van der Waals surface area contributed by atoms with Crippen molar-refractivity contribution in [3.05, 3.63) is 29.6 Å². The minimum absolute atomic E-state index is 0.480. The van der Waals surface area contributed by atoms with Crippen LogP contribution in [0.15, 0.2) is 18.2 Å². The van der Waals surface area contributed by atoms with E-state index >= 15 is 0 Å². The van der Waals surface area contributed by atoms with Gasteiger partial charge < -0.3 is 11.1 Å². The molecule has 3 N–H and O–H groups in total. The fourth-order valence-corrected chi connectivity index (χ4v) is 2.37. The number of nitrogens with two attached hydrogens (primary N) is 1. The molecule has 1 aliphatic rings. The van der Waals surface area contributed by atoms with Gasteiger partial charge in [0.05, 0.1) is 10.7 Å². The lowest BCUT2D eigenvalue weighted by atomic mass is 9.86. The summed E-state index contributed by atoms with van der Waals surface area (Å²) in [6.45, 7) is 2.25. The number of benzene rings is 1. The first-order valence-corrected chi connectivity index (χ1v) is 6.19. The van der Waals surface area contributed by atoms with E-state index in [0.717, 1.165) is 16.4 Å². The van der Waals surface area contributed by atoms with Gasteiger partial charge in [-0.3, -0.25) is 0 Å². The molecule has 1 aromatic carbocycles. The van der Waals surface area contributed by atoms with Gasteiger partial charge in [0.2, 0.25) is 0 Å². The summed E-state index contributed by atoms with van der Waals surface area (Å²) in [6, 6.07) is 6.05. The molecule has 2 unspecified atom stereocenters. The zero-order valence-electron chi connectivity index (χ0n) is 9.54. The molecule has 0 aromatic heterocycles. The van der Waals surface area contributed by atoms with Crippen LogP contribution in [0.2, 0.25) is 5.02 Å². The van der Waals surface area contributed by atoms with Crippen LogP contribution in [0.1, 0.15) is 26.2 Å². The van der Waals surface area contributed by atoms with Crippen molar-refractivity contribution in [3.8, 4) is 0 Å². The van der Waals surface area contributed by atoms with E-state index < -0.39 is 0 Å². The summed E-state index contributed by atoms with van der Waals surface area (Å²) >= 11 is 6.13. The predicted octanol–water partition coefficient (Wildman–Crippen LogP) is 3.73. The second kappa shape index (κ2) is 4.96. The molecule has 16 heavy (non-hydrogen) atoms. The van der Waals surface area contributed by atoms with Crippen LogP contribution in [-0.4, -0.2) is 6.04 Å². The van der Waals surface area contributed by atoms with Crippen LogP contribution in [0.25, 0.3) is 0 Å². The summed E-state index contributed by atoms with van der Waals surface area (Å²) in [5.41, 5.74) is 7.46. The molecular weight excluding hydrogens is 220 g/mol.